The number of hydrogen-bond donors (Lipinski definition) is 2. The number of nitrogens with zero attached hydrogens (tertiary/aromatic N) is 2. The molecule has 20 heavy (non-hydrogen) atoms. The molecule has 0 spiro atoms. The first-order chi connectivity index (χ1) is 9.63. The average Bonchev–Trinajstić information content (AvgIpc) is 2.81. The van der Waals surface area contributed by atoms with E-state index in [0.29, 0.717) is 5.13 Å². The van der Waals surface area contributed by atoms with E-state index in [1.165, 1.54) is 28.3 Å². The van der Waals surface area contributed by atoms with Crippen molar-refractivity contribution in [3.63, 3.8) is 0 Å². The van der Waals surface area contributed by atoms with Gasteiger partial charge in [-0.15, -0.1) is 11.3 Å². The maximum atomic E-state index is 12.0. The van der Waals surface area contributed by atoms with E-state index < -0.39 is 0 Å². The van der Waals surface area contributed by atoms with Crippen LogP contribution in [0.4, 0.5) is 5.13 Å². The van der Waals surface area contributed by atoms with Crippen molar-refractivity contribution >= 4 is 22.4 Å². The summed E-state index contributed by atoms with van der Waals surface area (Å²) in [5.41, 5.74) is 0.869. The van der Waals surface area contributed by atoms with Crippen LogP contribution in [0.5, 0.6) is 0 Å². The lowest BCUT2D eigenvalue weighted by molar-refractivity contribution is 0.102. The zero-order valence-electron chi connectivity index (χ0n) is 11.4. The molecule has 7 heteroatoms. The van der Waals surface area contributed by atoms with Gasteiger partial charge in [-0.1, -0.05) is 20.3 Å². The van der Waals surface area contributed by atoms with Crippen molar-refractivity contribution in [1.82, 2.24) is 15.2 Å². The Hall–Kier alpha value is -2.02. The number of nitrogens with one attached hydrogen (secondary N) is 2. The number of rotatable bonds is 5. The molecule has 0 radical (unpaired) electrons. The molecule has 2 aromatic rings. The van der Waals surface area contributed by atoms with Crippen molar-refractivity contribution < 1.29 is 4.79 Å². The summed E-state index contributed by atoms with van der Waals surface area (Å²) in [7, 11) is 0. The van der Waals surface area contributed by atoms with Crippen LogP contribution in [0, 0.1) is 0 Å². The molecule has 2 aromatic heterocycles. The SMILES string of the molecule is CCCc1nc(NC(=O)c2ccc(=O)[nH]n2)sc1CC. The molecule has 1 amide bonds. The molecule has 2 rings (SSSR count). The van der Waals surface area contributed by atoms with Gasteiger partial charge in [0.1, 0.15) is 5.69 Å². The molecule has 0 aromatic carbocycles. The molecular formula is C13H16N4O2S. The predicted octanol–water partition coefficient (Wildman–Crippen LogP) is 1.99. The van der Waals surface area contributed by atoms with Crippen molar-refractivity contribution in [3.05, 3.63) is 38.8 Å². The van der Waals surface area contributed by atoms with Crippen molar-refractivity contribution in [2.45, 2.75) is 33.1 Å². The number of thiazole rings is 1. The van der Waals surface area contributed by atoms with Crippen LogP contribution in [0.3, 0.4) is 0 Å². The van der Waals surface area contributed by atoms with Crippen LogP contribution in [0.1, 0.15) is 41.3 Å². The molecule has 2 N–H and O–H groups in total. The number of anilines is 1. The molecule has 0 saturated carbocycles. The fraction of sp³-hybridized carbons (Fsp3) is 0.385. The zero-order valence-corrected chi connectivity index (χ0v) is 12.2. The minimum Gasteiger partial charge on any atom is -0.296 e. The number of aromatic amines is 1. The van der Waals surface area contributed by atoms with Gasteiger partial charge in [-0.3, -0.25) is 14.9 Å². The Balaban J connectivity index is 2.15. The highest BCUT2D eigenvalue weighted by molar-refractivity contribution is 7.15. The molecule has 0 aliphatic heterocycles. The number of amides is 1. The summed E-state index contributed by atoms with van der Waals surface area (Å²) in [6, 6.07) is 2.65. The Kier molecular flexibility index (Phi) is 4.62. The van der Waals surface area contributed by atoms with Gasteiger partial charge in [-0.25, -0.2) is 10.1 Å². The highest BCUT2D eigenvalue weighted by Gasteiger charge is 2.13. The van der Waals surface area contributed by atoms with E-state index >= 15 is 0 Å². The number of aryl methyl sites for hydroxylation is 2. The molecule has 0 fully saturated rings. The Morgan fingerprint density at radius 2 is 2.20 bits per heavy atom. The van der Waals surface area contributed by atoms with E-state index in [9.17, 15) is 9.59 Å². The molecular weight excluding hydrogens is 276 g/mol. The molecule has 0 aliphatic rings. The Labute approximate surface area is 120 Å². The summed E-state index contributed by atoms with van der Waals surface area (Å²) in [5.74, 6) is -0.374. The number of aromatic nitrogens is 3. The van der Waals surface area contributed by atoms with E-state index in [4.69, 9.17) is 0 Å². The molecule has 0 saturated heterocycles. The third-order valence-corrected chi connectivity index (χ3v) is 3.88. The molecule has 2 heterocycles. The second-order valence-electron chi connectivity index (χ2n) is 4.25. The summed E-state index contributed by atoms with van der Waals surface area (Å²) in [6.07, 6.45) is 2.83. The van der Waals surface area contributed by atoms with Gasteiger partial charge in [0.2, 0.25) is 0 Å². The Bertz CT molecular complexity index is 642. The third-order valence-electron chi connectivity index (χ3n) is 2.72. The summed E-state index contributed by atoms with van der Waals surface area (Å²) in [4.78, 5) is 28.5. The first kappa shape index (κ1) is 14.4. The fourth-order valence-corrected chi connectivity index (χ4v) is 2.72. The lowest BCUT2D eigenvalue weighted by Gasteiger charge is -1.99. The molecule has 106 valence electrons. The van der Waals surface area contributed by atoms with Crippen molar-refractivity contribution in [1.29, 1.82) is 0 Å². The predicted molar refractivity (Wildman–Crippen MR) is 78.3 cm³/mol. The maximum Gasteiger partial charge on any atom is 0.277 e. The van der Waals surface area contributed by atoms with Crippen molar-refractivity contribution in [2.24, 2.45) is 0 Å². The minimum absolute atomic E-state index is 0.162. The van der Waals surface area contributed by atoms with Crippen molar-refractivity contribution in [3.8, 4) is 0 Å². The van der Waals surface area contributed by atoms with Crippen LogP contribution in [-0.2, 0) is 12.8 Å². The molecule has 0 unspecified atom stereocenters. The first-order valence-electron chi connectivity index (χ1n) is 6.49. The van der Waals surface area contributed by atoms with Crippen LogP contribution >= 0.6 is 11.3 Å². The minimum atomic E-state index is -0.374. The molecule has 0 bridgehead atoms. The lowest BCUT2D eigenvalue weighted by atomic mass is 10.2. The monoisotopic (exact) mass is 292 g/mol. The van der Waals surface area contributed by atoms with Crippen LogP contribution in [0.25, 0.3) is 0 Å². The van der Waals surface area contributed by atoms with Gasteiger partial charge >= 0.3 is 0 Å². The summed E-state index contributed by atoms with van der Waals surface area (Å²) < 4.78 is 0. The topological polar surface area (TPSA) is 87.7 Å². The standard InChI is InChI=1S/C13H16N4O2S/c1-3-5-8-10(4-2)20-13(14-8)15-12(19)9-6-7-11(18)17-16-9/h6-7H,3-5H2,1-2H3,(H,17,18)(H,14,15,19). The number of H-pyrrole nitrogens is 1. The van der Waals surface area contributed by atoms with Gasteiger partial charge in [-0.2, -0.15) is 5.10 Å². The highest BCUT2D eigenvalue weighted by atomic mass is 32.1. The van der Waals surface area contributed by atoms with Crippen LogP contribution < -0.4 is 10.9 Å². The third kappa shape index (κ3) is 3.30. The fourth-order valence-electron chi connectivity index (χ4n) is 1.78. The largest absolute Gasteiger partial charge is 0.296 e. The van der Waals surface area contributed by atoms with Gasteiger partial charge in [0.25, 0.3) is 11.5 Å². The second-order valence-corrected chi connectivity index (χ2v) is 5.34. The zero-order chi connectivity index (χ0) is 14.5. The van der Waals surface area contributed by atoms with Crippen LogP contribution in [-0.4, -0.2) is 21.1 Å². The molecule has 0 aliphatic carbocycles. The average molecular weight is 292 g/mol. The van der Waals surface area contributed by atoms with Crippen LogP contribution in [0.15, 0.2) is 16.9 Å². The van der Waals surface area contributed by atoms with Gasteiger partial charge in [0.05, 0.1) is 5.69 Å². The Morgan fingerprint density at radius 1 is 1.40 bits per heavy atom. The van der Waals surface area contributed by atoms with Crippen LogP contribution in [0.2, 0.25) is 0 Å². The maximum absolute atomic E-state index is 12.0. The van der Waals surface area contributed by atoms with E-state index in [1.54, 1.807) is 0 Å². The van der Waals surface area contributed by atoms with Gasteiger partial charge < -0.3 is 0 Å². The molecule has 6 nitrogen and oxygen atoms in total. The van der Waals surface area contributed by atoms with E-state index in [1.807, 2.05) is 0 Å². The quantitative estimate of drug-likeness (QED) is 0.882. The summed E-state index contributed by atoms with van der Waals surface area (Å²) in [6.45, 7) is 4.17. The van der Waals surface area contributed by atoms with E-state index in [0.717, 1.165) is 25.0 Å². The normalized spacial score (nSPS) is 10.5. The number of carbonyl (C=O) groups is 1. The molecule has 0 atom stereocenters. The lowest BCUT2D eigenvalue weighted by Crippen LogP contribution is -2.17. The summed E-state index contributed by atoms with van der Waals surface area (Å²) >= 11 is 1.48. The first-order valence-corrected chi connectivity index (χ1v) is 7.31. The Morgan fingerprint density at radius 3 is 2.80 bits per heavy atom. The van der Waals surface area contributed by atoms with Gasteiger partial charge in [0, 0.05) is 10.9 Å². The summed E-state index contributed by atoms with van der Waals surface area (Å²) in [5, 5.41) is 9.21. The second kappa shape index (κ2) is 6.42. The number of hydrogen-bond acceptors (Lipinski definition) is 5. The van der Waals surface area contributed by atoms with E-state index in [2.05, 4.69) is 34.3 Å². The van der Waals surface area contributed by atoms with Gasteiger partial charge in [-0.05, 0) is 18.9 Å². The smallest absolute Gasteiger partial charge is 0.277 e. The van der Waals surface area contributed by atoms with E-state index in [-0.39, 0.29) is 17.2 Å². The number of carbonyl (C=O) groups excluding carboxylic acids is 1. The van der Waals surface area contributed by atoms with Gasteiger partial charge in [0.15, 0.2) is 5.13 Å². The highest BCUT2D eigenvalue weighted by Crippen LogP contribution is 2.24. The van der Waals surface area contributed by atoms with Crippen molar-refractivity contribution in [2.75, 3.05) is 5.32 Å².